The highest BCUT2D eigenvalue weighted by Crippen LogP contribution is 2.22. The molecule has 1 aromatic heterocycles. The zero-order chi connectivity index (χ0) is 13.7. The topological polar surface area (TPSA) is 84.1 Å². The summed E-state index contributed by atoms with van der Waals surface area (Å²) in [6.45, 7) is 4.59. The average molecular weight is 283 g/mol. The third-order valence-corrected chi connectivity index (χ3v) is 4.14. The van der Waals surface area contributed by atoms with Crippen molar-refractivity contribution in [3.8, 4) is 0 Å². The molecule has 0 spiro atoms. The van der Waals surface area contributed by atoms with Gasteiger partial charge in [0, 0.05) is 6.54 Å². The number of nitrogens with two attached hydrogens (primary N) is 1. The first-order chi connectivity index (χ1) is 9.20. The van der Waals surface area contributed by atoms with Crippen LogP contribution in [0.3, 0.4) is 0 Å². The van der Waals surface area contributed by atoms with E-state index in [9.17, 15) is 4.79 Å². The molecule has 0 saturated carbocycles. The van der Waals surface area contributed by atoms with Crippen molar-refractivity contribution in [3.05, 3.63) is 5.01 Å². The molecule has 1 saturated heterocycles. The Labute approximate surface area is 117 Å². The van der Waals surface area contributed by atoms with Crippen LogP contribution in [0.15, 0.2) is 0 Å². The zero-order valence-corrected chi connectivity index (χ0v) is 12.1. The number of anilines is 1. The Hall–Kier alpha value is -1.21. The third kappa shape index (κ3) is 3.87. The Morgan fingerprint density at radius 2 is 2.37 bits per heavy atom. The molecule has 0 aromatic carbocycles. The van der Waals surface area contributed by atoms with E-state index in [0.29, 0.717) is 6.54 Å². The molecular weight excluding hydrogens is 262 g/mol. The van der Waals surface area contributed by atoms with E-state index in [1.807, 2.05) is 0 Å². The second-order valence-electron chi connectivity index (χ2n) is 4.81. The summed E-state index contributed by atoms with van der Waals surface area (Å²) in [6, 6.07) is -0.148. The minimum absolute atomic E-state index is 0.148. The molecule has 1 aliphatic heterocycles. The molecule has 1 fully saturated rings. The van der Waals surface area contributed by atoms with E-state index >= 15 is 0 Å². The van der Waals surface area contributed by atoms with Gasteiger partial charge in [0.2, 0.25) is 11.0 Å². The van der Waals surface area contributed by atoms with Crippen LogP contribution in [-0.4, -0.2) is 40.1 Å². The van der Waals surface area contributed by atoms with Crippen molar-refractivity contribution in [2.75, 3.05) is 18.4 Å². The predicted octanol–water partition coefficient (Wildman–Crippen LogP) is 1.20. The molecule has 3 N–H and O–H groups in total. The molecule has 0 bridgehead atoms. The SMILES string of the molecule is CCCNc1nnc(CN2CCCCC2C(N)=O)s1. The van der Waals surface area contributed by atoms with Crippen molar-refractivity contribution in [2.45, 2.75) is 45.2 Å². The molecule has 2 rings (SSSR count). The van der Waals surface area contributed by atoms with Gasteiger partial charge in [-0.1, -0.05) is 24.7 Å². The van der Waals surface area contributed by atoms with Crippen molar-refractivity contribution >= 4 is 22.4 Å². The standard InChI is InChI=1S/C12H21N5OS/c1-2-6-14-12-16-15-10(19-12)8-17-7-4-3-5-9(17)11(13)18/h9H,2-8H2,1H3,(H2,13,18)(H,14,16). The van der Waals surface area contributed by atoms with Crippen molar-refractivity contribution in [3.63, 3.8) is 0 Å². The molecule has 106 valence electrons. The lowest BCUT2D eigenvalue weighted by Gasteiger charge is -2.32. The van der Waals surface area contributed by atoms with E-state index in [1.54, 1.807) is 11.3 Å². The molecule has 1 atom stereocenters. The lowest BCUT2D eigenvalue weighted by Crippen LogP contribution is -2.47. The fourth-order valence-corrected chi connectivity index (χ4v) is 3.09. The quantitative estimate of drug-likeness (QED) is 0.819. The number of rotatable bonds is 6. The number of amides is 1. The highest BCUT2D eigenvalue weighted by atomic mass is 32.1. The molecule has 0 aliphatic carbocycles. The van der Waals surface area contributed by atoms with Gasteiger partial charge in [-0.05, 0) is 25.8 Å². The largest absolute Gasteiger partial charge is 0.368 e. The third-order valence-electron chi connectivity index (χ3n) is 3.27. The number of nitrogens with one attached hydrogen (secondary N) is 1. The first-order valence-corrected chi connectivity index (χ1v) is 7.62. The zero-order valence-electron chi connectivity index (χ0n) is 11.3. The summed E-state index contributed by atoms with van der Waals surface area (Å²) in [6.07, 6.45) is 4.10. The van der Waals surface area contributed by atoms with Crippen LogP contribution < -0.4 is 11.1 Å². The summed E-state index contributed by atoms with van der Waals surface area (Å²) in [5.41, 5.74) is 5.46. The van der Waals surface area contributed by atoms with Gasteiger partial charge in [0.15, 0.2) is 0 Å². The lowest BCUT2D eigenvalue weighted by atomic mass is 10.0. The molecule has 1 unspecified atom stereocenters. The van der Waals surface area contributed by atoms with Gasteiger partial charge in [0.05, 0.1) is 12.6 Å². The number of hydrogen-bond acceptors (Lipinski definition) is 6. The normalized spacial score (nSPS) is 20.4. The smallest absolute Gasteiger partial charge is 0.234 e. The Kier molecular flexibility index (Phi) is 5.09. The molecule has 1 aliphatic rings. The molecule has 7 heteroatoms. The Balaban J connectivity index is 1.94. The summed E-state index contributed by atoms with van der Waals surface area (Å²) >= 11 is 1.55. The highest BCUT2D eigenvalue weighted by Gasteiger charge is 2.27. The van der Waals surface area contributed by atoms with Gasteiger partial charge in [-0.2, -0.15) is 0 Å². The number of carbonyl (C=O) groups is 1. The van der Waals surface area contributed by atoms with E-state index in [4.69, 9.17) is 5.73 Å². The highest BCUT2D eigenvalue weighted by molar-refractivity contribution is 7.15. The molecule has 6 nitrogen and oxygen atoms in total. The van der Waals surface area contributed by atoms with Crippen LogP contribution in [-0.2, 0) is 11.3 Å². The van der Waals surface area contributed by atoms with Crippen LogP contribution in [0, 0.1) is 0 Å². The van der Waals surface area contributed by atoms with Crippen molar-refractivity contribution in [1.29, 1.82) is 0 Å². The monoisotopic (exact) mass is 283 g/mol. The number of nitrogens with zero attached hydrogens (tertiary/aromatic N) is 3. The Morgan fingerprint density at radius 3 is 3.11 bits per heavy atom. The van der Waals surface area contributed by atoms with Gasteiger partial charge in [0.25, 0.3) is 0 Å². The second kappa shape index (κ2) is 6.81. The van der Waals surface area contributed by atoms with Crippen LogP contribution in [0.5, 0.6) is 0 Å². The van der Waals surface area contributed by atoms with E-state index in [0.717, 1.165) is 48.9 Å². The number of aromatic nitrogens is 2. The molecule has 1 amide bonds. The summed E-state index contributed by atoms with van der Waals surface area (Å²) in [7, 11) is 0. The van der Waals surface area contributed by atoms with Gasteiger partial charge >= 0.3 is 0 Å². The van der Waals surface area contributed by atoms with Gasteiger partial charge < -0.3 is 11.1 Å². The van der Waals surface area contributed by atoms with E-state index in [2.05, 4.69) is 27.3 Å². The number of likely N-dealkylation sites (tertiary alicyclic amines) is 1. The maximum absolute atomic E-state index is 11.4. The van der Waals surface area contributed by atoms with Crippen molar-refractivity contribution in [1.82, 2.24) is 15.1 Å². The van der Waals surface area contributed by atoms with Gasteiger partial charge in [-0.25, -0.2) is 0 Å². The first-order valence-electron chi connectivity index (χ1n) is 6.80. The summed E-state index contributed by atoms with van der Waals surface area (Å²) in [5, 5.41) is 13.3. The number of hydrogen-bond donors (Lipinski definition) is 2. The Morgan fingerprint density at radius 1 is 1.53 bits per heavy atom. The molecule has 0 radical (unpaired) electrons. The predicted molar refractivity (Wildman–Crippen MR) is 75.9 cm³/mol. The summed E-state index contributed by atoms with van der Waals surface area (Å²) in [4.78, 5) is 13.6. The molecule has 19 heavy (non-hydrogen) atoms. The first kappa shape index (κ1) is 14.2. The van der Waals surface area contributed by atoms with Crippen LogP contribution in [0.4, 0.5) is 5.13 Å². The fourth-order valence-electron chi connectivity index (χ4n) is 2.30. The van der Waals surface area contributed by atoms with E-state index in [-0.39, 0.29) is 11.9 Å². The van der Waals surface area contributed by atoms with Crippen LogP contribution in [0.1, 0.15) is 37.6 Å². The van der Waals surface area contributed by atoms with Crippen LogP contribution >= 0.6 is 11.3 Å². The molecular formula is C12H21N5OS. The minimum Gasteiger partial charge on any atom is -0.368 e. The van der Waals surface area contributed by atoms with Crippen LogP contribution in [0.25, 0.3) is 0 Å². The van der Waals surface area contributed by atoms with Crippen molar-refractivity contribution in [2.24, 2.45) is 5.73 Å². The number of primary amides is 1. The molecule has 1 aromatic rings. The van der Waals surface area contributed by atoms with E-state index in [1.165, 1.54) is 0 Å². The van der Waals surface area contributed by atoms with Crippen LogP contribution in [0.2, 0.25) is 0 Å². The number of carbonyl (C=O) groups excluding carboxylic acids is 1. The second-order valence-corrected chi connectivity index (χ2v) is 5.87. The van der Waals surface area contributed by atoms with E-state index < -0.39 is 0 Å². The van der Waals surface area contributed by atoms with Gasteiger partial charge in [-0.3, -0.25) is 9.69 Å². The van der Waals surface area contributed by atoms with Gasteiger partial charge in [0.1, 0.15) is 5.01 Å². The number of piperidine rings is 1. The lowest BCUT2D eigenvalue weighted by molar-refractivity contribution is -0.124. The minimum atomic E-state index is -0.228. The van der Waals surface area contributed by atoms with Crippen molar-refractivity contribution < 1.29 is 4.79 Å². The summed E-state index contributed by atoms with van der Waals surface area (Å²) < 4.78 is 0. The summed E-state index contributed by atoms with van der Waals surface area (Å²) in [5.74, 6) is -0.228. The maximum Gasteiger partial charge on any atom is 0.234 e. The maximum atomic E-state index is 11.4. The van der Waals surface area contributed by atoms with Gasteiger partial charge in [-0.15, -0.1) is 10.2 Å². The average Bonchev–Trinajstić information content (AvgIpc) is 2.84. The Bertz CT molecular complexity index is 422. The molecule has 2 heterocycles. The fraction of sp³-hybridized carbons (Fsp3) is 0.750.